The van der Waals surface area contributed by atoms with Crippen LogP contribution in [0, 0.1) is 11.8 Å². The zero-order valence-electron chi connectivity index (χ0n) is 9.41. The first-order chi connectivity index (χ1) is 7.98. The van der Waals surface area contributed by atoms with Crippen molar-refractivity contribution < 1.29 is 17.6 Å². The maximum absolute atomic E-state index is 12.7. The Morgan fingerprint density at radius 1 is 1.35 bits per heavy atom. The van der Waals surface area contributed by atoms with Crippen LogP contribution in [0.5, 0.6) is 0 Å². The van der Waals surface area contributed by atoms with Crippen LogP contribution in [0.25, 0.3) is 0 Å². The highest BCUT2D eigenvalue weighted by molar-refractivity contribution is 5.12. The molecule has 0 spiro atoms. The van der Waals surface area contributed by atoms with Gasteiger partial charge in [0.1, 0.15) is 0 Å². The Hall–Kier alpha value is -0.970. The molecule has 3 unspecified atom stereocenters. The molecule has 2 nitrogen and oxygen atoms in total. The summed E-state index contributed by atoms with van der Waals surface area (Å²) in [6, 6.07) is 1.38. The van der Waals surface area contributed by atoms with Gasteiger partial charge in [0, 0.05) is 11.6 Å². The second kappa shape index (κ2) is 4.72. The topological polar surface area (TPSA) is 39.2 Å². The summed E-state index contributed by atoms with van der Waals surface area (Å²) >= 11 is 0. The van der Waals surface area contributed by atoms with Crippen molar-refractivity contribution in [3.05, 3.63) is 24.2 Å². The molecule has 0 bridgehead atoms. The second-order valence-electron chi connectivity index (χ2n) is 4.75. The van der Waals surface area contributed by atoms with Gasteiger partial charge in [0.2, 0.25) is 0 Å². The summed E-state index contributed by atoms with van der Waals surface area (Å²) in [5.74, 6) is -1.30. The van der Waals surface area contributed by atoms with Crippen molar-refractivity contribution in [1.29, 1.82) is 0 Å². The van der Waals surface area contributed by atoms with Gasteiger partial charge in [-0.25, -0.2) is 0 Å². The minimum absolute atomic E-state index is 0.104. The van der Waals surface area contributed by atoms with Gasteiger partial charge in [0.05, 0.1) is 18.4 Å². The molecule has 17 heavy (non-hydrogen) atoms. The van der Waals surface area contributed by atoms with E-state index < -0.39 is 12.1 Å². The lowest BCUT2D eigenvalue weighted by atomic mass is 9.76. The molecular formula is C12H16F3NO. The molecule has 5 heteroatoms. The zero-order chi connectivity index (χ0) is 12.5. The number of hydrogen-bond acceptors (Lipinski definition) is 2. The summed E-state index contributed by atoms with van der Waals surface area (Å²) in [5.41, 5.74) is 6.78. The number of furan rings is 1. The SMILES string of the molecule is NC(c1ccoc1)C1CCCC(C(F)(F)F)C1. The quantitative estimate of drug-likeness (QED) is 0.866. The average Bonchev–Trinajstić information content (AvgIpc) is 2.80. The molecule has 1 aliphatic carbocycles. The van der Waals surface area contributed by atoms with E-state index in [1.165, 1.54) is 12.5 Å². The van der Waals surface area contributed by atoms with Gasteiger partial charge in [-0.3, -0.25) is 0 Å². The Balaban J connectivity index is 2.02. The van der Waals surface area contributed by atoms with Gasteiger partial charge < -0.3 is 10.2 Å². The van der Waals surface area contributed by atoms with E-state index in [1.54, 1.807) is 6.07 Å². The number of alkyl halides is 3. The zero-order valence-corrected chi connectivity index (χ0v) is 9.41. The molecule has 0 amide bonds. The van der Waals surface area contributed by atoms with E-state index in [-0.39, 0.29) is 24.8 Å². The fraction of sp³-hybridized carbons (Fsp3) is 0.667. The number of nitrogens with two attached hydrogens (primary N) is 1. The molecule has 0 radical (unpaired) electrons. The van der Waals surface area contributed by atoms with Crippen molar-refractivity contribution >= 4 is 0 Å². The summed E-state index contributed by atoms with van der Waals surface area (Å²) in [6.45, 7) is 0. The van der Waals surface area contributed by atoms with E-state index in [0.29, 0.717) is 6.42 Å². The first-order valence-electron chi connectivity index (χ1n) is 5.83. The molecule has 3 atom stereocenters. The molecule has 0 saturated heterocycles. The molecule has 1 heterocycles. The predicted octanol–water partition coefficient (Wildman–Crippen LogP) is 3.65. The van der Waals surface area contributed by atoms with Gasteiger partial charge >= 0.3 is 6.18 Å². The maximum atomic E-state index is 12.7. The van der Waals surface area contributed by atoms with E-state index in [1.807, 2.05) is 0 Å². The van der Waals surface area contributed by atoms with Crippen molar-refractivity contribution in [2.24, 2.45) is 17.6 Å². The van der Waals surface area contributed by atoms with Crippen LogP contribution in [0.3, 0.4) is 0 Å². The summed E-state index contributed by atoms with van der Waals surface area (Å²) in [6.07, 6.45) is 0.656. The van der Waals surface area contributed by atoms with Gasteiger partial charge in [0.15, 0.2) is 0 Å². The Morgan fingerprint density at radius 3 is 2.71 bits per heavy atom. The number of hydrogen-bond donors (Lipinski definition) is 1. The van der Waals surface area contributed by atoms with Crippen LogP contribution in [0.15, 0.2) is 23.0 Å². The van der Waals surface area contributed by atoms with Gasteiger partial charge in [-0.15, -0.1) is 0 Å². The predicted molar refractivity (Wildman–Crippen MR) is 57.1 cm³/mol. The molecule has 1 aromatic heterocycles. The van der Waals surface area contributed by atoms with Crippen LogP contribution in [0.2, 0.25) is 0 Å². The van der Waals surface area contributed by atoms with E-state index in [4.69, 9.17) is 10.2 Å². The molecule has 1 aromatic rings. The maximum Gasteiger partial charge on any atom is 0.391 e. The Morgan fingerprint density at radius 2 is 2.12 bits per heavy atom. The molecule has 96 valence electrons. The van der Waals surface area contributed by atoms with Crippen molar-refractivity contribution in [3.8, 4) is 0 Å². The Kier molecular flexibility index (Phi) is 3.47. The normalized spacial score (nSPS) is 28.0. The monoisotopic (exact) mass is 247 g/mol. The van der Waals surface area contributed by atoms with Crippen LogP contribution < -0.4 is 5.73 Å². The van der Waals surface area contributed by atoms with Gasteiger partial charge in [-0.05, 0) is 31.2 Å². The lowest BCUT2D eigenvalue weighted by Gasteiger charge is -2.33. The van der Waals surface area contributed by atoms with E-state index in [9.17, 15) is 13.2 Å². The highest BCUT2D eigenvalue weighted by Gasteiger charge is 2.43. The molecule has 1 fully saturated rings. The molecule has 2 N–H and O–H groups in total. The van der Waals surface area contributed by atoms with Crippen LogP contribution in [-0.2, 0) is 0 Å². The van der Waals surface area contributed by atoms with Crippen LogP contribution in [-0.4, -0.2) is 6.18 Å². The molecule has 1 saturated carbocycles. The summed E-state index contributed by atoms with van der Waals surface area (Å²) < 4.78 is 42.9. The first kappa shape index (κ1) is 12.5. The summed E-state index contributed by atoms with van der Waals surface area (Å²) in [4.78, 5) is 0. The minimum Gasteiger partial charge on any atom is -0.472 e. The molecule has 0 aliphatic heterocycles. The van der Waals surface area contributed by atoms with E-state index in [0.717, 1.165) is 12.0 Å². The fourth-order valence-corrected chi connectivity index (χ4v) is 2.59. The minimum atomic E-state index is -4.09. The van der Waals surface area contributed by atoms with Crippen LogP contribution in [0.4, 0.5) is 13.2 Å². The third-order valence-corrected chi connectivity index (χ3v) is 3.61. The first-order valence-corrected chi connectivity index (χ1v) is 5.83. The molecular weight excluding hydrogens is 231 g/mol. The van der Waals surface area contributed by atoms with Gasteiger partial charge in [0.25, 0.3) is 0 Å². The fourth-order valence-electron chi connectivity index (χ4n) is 2.59. The third-order valence-electron chi connectivity index (χ3n) is 3.61. The van der Waals surface area contributed by atoms with Crippen molar-refractivity contribution in [1.82, 2.24) is 0 Å². The summed E-state index contributed by atoms with van der Waals surface area (Å²) in [7, 11) is 0. The smallest absolute Gasteiger partial charge is 0.391 e. The Labute approximate surface area is 98.0 Å². The second-order valence-corrected chi connectivity index (χ2v) is 4.75. The van der Waals surface area contributed by atoms with Crippen molar-refractivity contribution in [2.75, 3.05) is 0 Å². The lowest BCUT2D eigenvalue weighted by Crippen LogP contribution is -2.33. The molecule has 1 aliphatic rings. The van der Waals surface area contributed by atoms with E-state index in [2.05, 4.69) is 0 Å². The van der Waals surface area contributed by atoms with Crippen LogP contribution >= 0.6 is 0 Å². The average molecular weight is 247 g/mol. The molecule has 2 rings (SSSR count). The highest BCUT2D eigenvalue weighted by atomic mass is 19.4. The van der Waals surface area contributed by atoms with Crippen LogP contribution in [0.1, 0.15) is 37.3 Å². The van der Waals surface area contributed by atoms with Crippen molar-refractivity contribution in [2.45, 2.75) is 37.9 Å². The van der Waals surface area contributed by atoms with Crippen molar-refractivity contribution in [3.63, 3.8) is 0 Å². The molecule has 0 aromatic carbocycles. The van der Waals surface area contributed by atoms with E-state index >= 15 is 0 Å². The summed E-state index contributed by atoms with van der Waals surface area (Å²) in [5, 5.41) is 0. The third kappa shape index (κ3) is 2.83. The van der Waals surface area contributed by atoms with Gasteiger partial charge in [-0.2, -0.15) is 13.2 Å². The van der Waals surface area contributed by atoms with Gasteiger partial charge in [-0.1, -0.05) is 6.42 Å². The standard InChI is InChI=1S/C12H16F3NO/c13-12(14,15)10-3-1-2-8(6-10)11(16)9-4-5-17-7-9/h4-5,7-8,10-11H,1-3,6,16H2. The number of rotatable bonds is 2. The lowest BCUT2D eigenvalue weighted by molar-refractivity contribution is -0.186. The Bertz CT molecular complexity index is 347. The highest BCUT2D eigenvalue weighted by Crippen LogP contribution is 2.43. The number of halogens is 3. The largest absolute Gasteiger partial charge is 0.472 e.